The zero-order valence-electron chi connectivity index (χ0n) is 12.2. The molecule has 0 saturated heterocycles. The Morgan fingerprint density at radius 2 is 2.04 bits per heavy atom. The van der Waals surface area contributed by atoms with E-state index in [9.17, 15) is 26.4 Å². The highest BCUT2D eigenvalue weighted by atomic mass is 32.2. The molecule has 12 heteroatoms. The maximum absolute atomic E-state index is 12.5. The first-order valence-corrected chi connectivity index (χ1v) is 8.68. The van der Waals surface area contributed by atoms with Crippen molar-refractivity contribution in [1.29, 1.82) is 0 Å². The minimum atomic E-state index is -4.67. The highest BCUT2D eigenvalue weighted by Gasteiger charge is 2.35. The number of carbonyl (C=O) groups excluding carboxylic acids is 1. The Labute approximate surface area is 144 Å². The number of alkyl halides is 3. The van der Waals surface area contributed by atoms with E-state index in [4.69, 9.17) is 6.42 Å². The lowest BCUT2D eigenvalue weighted by Crippen LogP contribution is -2.24. The van der Waals surface area contributed by atoms with Gasteiger partial charge in [0.2, 0.25) is 20.2 Å². The molecule has 1 aromatic heterocycles. The van der Waals surface area contributed by atoms with Gasteiger partial charge in [0.25, 0.3) is 5.91 Å². The van der Waals surface area contributed by atoms with Crippen molar-refractivity contribution in [2.24, 2.45) is 0 Å². The number of rotatable bonds is 5. The Morgan fingerprint density at radius 3 is 2.64 bits per heavy atom. The second-order valence-corrected chi connectivity index (χ2v) is 7.17. The van der Waals surface area contributed by atoms with E-state index >= 15 is 0 Å². The molecule has 0 atom stereocenters. The zero-order chi connectivity index (χ0) is 18.7. The topological polar surface area (TPSA) is 101 Å². The lowest BCUT2D eigenvalue weighted by molar-refractivity contribution is -0.138. The number of hydrogen-bond acceptors (Lipinski definition) is 6. The summed E-state index contributed by atoms with van der Waals surface area (Å²) in [4.78, 5) is 11.8. The number of aromatic nitrogens is 2. The molecule has 0 aliphatic rings. The number of nitrogens with one attached hydrogen (secondary N) is 2. The van der Waals surface area contributed by atoms with Crippen molar-refractivity contribution in [3.8, 4) is 12.3 Å². The third-order valence-corrected chi connectivity index (χ3v) is 4.94. The number of halogens is 3. The summed E-state index contributed by atoms with van der Waals surface area (Å²) in [5, 5.41) is 6.71. The van der Waals surface area contributed by atoms with Gasteiger partial charge in [-0.25, -0.2) is 8.42 Å². The van der Waals surface area contributed by atoms with Gasteiger partial charge in [0.15, 0.2) is 0 Å². The van der Waals surface area contributed by atoms with Gasteiger partial charge in [-0.3, -0.25) is 10.1 Å². The second kappa shape index (κ2) is 7.18. The van der Waals surface area contributed by atoms with Crippen LogP contribution in [-0.2, 0) is 16.2 Å². The van der Waals surface area contributed by atoms with Crippen LogP contribution in [0.5, 0.6) is 0 Å². The van der Waals surface area contributed by atoms with Gasteiger partial charge in [-0.05, 0) is 18.2 Å². The number of hydrogen-bond donors (Lipinski definition) is 2. The fourth-order valence-corrected chi connectivity index (χ4v) is 3.17. The number of benzene rings is 1. The minimum absolute atomic E-state index is 0.0904. The number of anilines is 1. The van der Waals surface area contributed by atoms with E-state index in [2.05, 4.69) is 26.2 Å². The van der Waals surface area contributed by atoms with Crippen molar-refractivity contribution < 1.29 is 26.4 Å². The van der Waals surface area contributed by atoms with Crippen LogP contribution in [0.4, 0.5) is 18.3 Å². The molecular formula is C13H9F3N4O3S2. The van der Waals surface area contributed by atoms with Crippen molar-refractivity contribution >= 4 is 32.4 Å². The van der Waals surface area contributed by atoms with Crippen LogP contribution in [-0.4, -0.2) is 31.1 Å². The molecule has 0 fully saturated rings. The lowest BCUT2D eigenvalue weighted by atomic mass is 10.2. The Morgan fingerprint density at radius 1 is 1.32 bits per heavy atom. The molecule has 0 spiro atoms. The van der Waals surface area contributed by atoms with Gasteiger partial charge in [-0.15, -0.1) is 16.6 Å². The molecule has 0 saturated carbocycles. The van der Waals surface area contributed by atoms with Crippen LogP contribution < -0.4 is 10.0 Å². The summed E-state index contributed by atoms with van der Waals surface area (Å²) in [7, 11) is -3.91. The van der Waals surface area contributed by atoms with Crippen molar-refractivity contribution in [1.82, 2.24) is 14.9 Å². The van der Waals surface area contributed by atoms with Crippen molar-refractivity contribution in [2.45, 2.75) is 11.1 Å². The Balaban J connectivity index is 2.19. The molecule has 2 aromatic rings. The number of amides is 1. The Kier molecular flexibility index (Phi) is 5.41. The molecule has 0 radical (unpaired) electrons. The van der Waals surface area contributed by atoms with E-state index in [0.29, 0.717) is 0 Å². The number of sulfonamides is 1. The largest absolute Gasteiger partial charge is 0.445 e. The first-order valence-electron chi connectivity index (χ1n) is 6.39. The Bertz CT molecular complexity index is 932. The van der Waals surface area contributed by atoms with Crippen LogP contribution in [0.1, 0.15) is 15.4 Å². The van der Waals surface area contributed by atoms with Crippen LogP contribution in [0.3, 0.4) is 0 Å². The molecule has 0 aliphatic carbocycles. The number of carbonyl (C=O) groups is 1. The maximum atomic E-state index is 12.5. The highest BCUT2D eigenvalue weighted by molar-refractivity contribution is 7.89. The van der Waals surface area contributed by atoms with Gasteiger partial charge < -0.3 is 0 Å². The Hall–Kier alpha value is -2.49. The van der Waals surface area contributed by atoms with Crippen molar-refractivity contribution in [3.63, 3.8) is 0 Å². The first kappa shape index (κ1) is 18.8. The van der Waals surface area contributed by atoms with E-state index in [1.54, 1.807) is 0 Å². The molecule has 2 N–H and O–H groups in total. The van der Waals surface area contributed by atoms with Crippen LogP contribution in [0.25, 0.3) is 0 Å². The third kappa shape index (κ3) is 4.75. The average molecular weight is 390 g/mol. The van der Waals surface area contributed by atoms with E-state index < -0.39 is 27.1 Å². The van der Waals surface area contributed by atoms with E-state index in [1.807, 2.05) is 0 Å². The average Bonchev–Trinajstić information content (AvgIpc) is 3.02. The van der Waals surface area contributed by atoms with Crippen LogP contribution in [0, 0.1) is 12.3 Å². The molecule has 7 nitrogen and oxygen atoms in total. The second-order valence-electron chi connectivity index (χ2n) is 4.42. The summed E-state index contributed by atoms with van der Waals surface area (Å²) in [6.07, 6.45) is 0.308. The molecule has 1 heterocycles. The number of terminal acetylenes is 1. The summed E-state index contributed by atoms with van der Waals surface area (Å²) >= 11 is 0.152. The molecule has 25 heavy (non-hydrogen) atoms. The fraction of sp³-hybridized carbons (Fsp3) is 0.154. The summed E-state index contributed by atoms with van der Waals surface area (Å²) in [5.41, 5.74) is -0.0904. The minimum Gasteiger partial charge on any atom is -0.296 e. The maximum Gasteiger partial charge on any atom is 0.445 e. The number of nitrogens with zero attached hydrogens (tertiary/aromatic N) is 2. The molecule has 0 bridgehead atoms. The van der Waals surface area contributed by atoms with Gasteiger partial charge in [0, 0.05) is 5.56 Å². The monoisotopic (exact) mass is 390 g/mol. The van der Waals surface area contributed by atoms with E-state index in [0.717, 1.165) is 6.07 Å². The molecule has 0 aliphatic heterocycles. The fourth-order valence-electron chi connectivity index (χ4n) is 1.58. The molecule has 2 rings (SSSR count). The summed E-state index contributed by atoms with van der Waals surface area (Å²) < 4.78 is 63.4. The van der Waals surface area contributed by atoms with Crippen LogP contribution in [0.15, 0.2) is 29.2 Å². The van der Waals surface area contributed by atoms with Crippen molar-refractivity contribution in [3.05, 3.63) is 34.8 Å². The molecular weight excluding hydrogens is 381 g/mol. The zero-order valence-corrected chi connectivity index (χ0v) is 13.8. The molecule has 0 unspecified atom stereocenters. The summed E-state index contributed by atoms with van der Waals surface area (Å²) in [6, 6.07) is 4.89. The standard InChI is InChI=1S/C13H9F3N4O3S2/c1-2-6-17-25(22,23)9-5-3-4-8(7-9)10(21)18-12-20-19-11(24-12)13(14,15)16/h1,3-5,7,17H,6H2,(H,18,20,21). The molecule has 1 amide bonds. The predicted octanol–water partition coefficient (Wildman–Crippen LogP) is 1.72. The van der Waals surface area contributed by atoms with Crippen molar-refractivity contribution in [2.75, 3.05) is 11.9 Å². The summed E-state index contributed by atoms with van der Waals surface area (Å²) in [5.74, 6) is 1.27. The van der Waals surface area contributed by atoms with Crippen LogP contribution in [0.2, 0.25) is 0 Å². The lowest BCUT2D eigenvalue weighted by Gasteiger charge is -2.06. The highest BCUT2D eigenvalue weighted by Crippen LogP contribution is 2.33. The van der Waals surface area contributed by atoms with Gasteiger partial charge in [0.1, 0.15) is 0 Å². The smallest absolute Gasteiger partial charge is 0.296 e. The quantitative estimate of drug-likeness (QED) is 0.757. The van der Waals surface area contributed by atoms with E-state index in [-0.39, 0.29) is 33.5 Å². The third-order valence-electron chi connectivity index (χ3n) is 2.66. The van der Waals surface area contributed by atoms with E-state index in [1.165, 1.54) is 18.2 Å². The molecule has 1 aromatic carbocycles. The SMILES string of the molecule is C#CCNS(=O)(=O)c1cccc(C(=O)Nc2nnc(C(F)(F)F)s2)c1. The van der Waals surface area contributed by atoms with Gasteiger partial charge in [-0.1, -0.05) is 23.3 Å². The van der Waals surface area contributed by atoms with Crippen LogP contribution >= 0.6 is 11.3 Å². The molecule has 132 valence electrons. The van der Waals surface area contributed by atoms with Gasteiger partial charge in [-0.2, -0.15) is 17.9 Å². The predicted molar refractivity (Wildman–Crippen MR) is 83.3 cm³/mol. The van der Waals surface area contributed by atoms with Gasteiger partial charge >= 0.3 is 6.18 Å². The first-order chi connectivity index (χ1) is 11.6. The summed E-state index contributed by atoms with van der Waals surface area (Å²) in [6.45, 7) is -0.232. The van der Waals surface area contributed by atoms with Gasteiger partial charge in [0.05, 0.1) is 11.4 Å². The normalized spacial score (nSPS) is 11.8.